The number of piperazine rings is 1. The molecule has 2 amide bonds. The number of carbonyl (C=O) groups is 2. The Morgan fingerprint density at radius 3 is 2.57 bits per heavy atom. The second-order valence-electron chi connectivity index (χ2n) is 6.64. The molecule has 28 heavy (non-hydrogen) atoms. The van der Waals surface area contributed by atoms with Crippen molar-refractivity contribution in [3.05, 3.63) is 53.4 Å². The summed E-state index contributed by atoms with van der Waals surface area (Å²) in [7, 11) is 1.60. The van der Waals surface area contributed by atoms with Crippen molar-refractivity contribution in [1.82, 2.24) is 14.7 Å². The summed E-state index contributed by atoms with van der Waals surface area (Å²) in [6, 6.07) is 10.6. The fraction of sp³-hybridized carbons (Fsp3) is 0.400. The molecule has 0 unspecified atom stereocenters. The van der Waals surface area contributed by atoms with Crippen LogP contribution in [0.2, 0.25) is 5.02 Å². The Morgan fingerprint density at radius 2 is 1.89 bits per heavy atom. The van der Waals surface area contributed by atoms with Gasteiger partial charge in [-0.1, -0.05) is 23.7 Å². The van der Waals surface area contributed by atoms with Gasteiger partial charge in [-0.05, 0) is 24.3 Å². The maximum Gasteiger partial charge on any atom is 0.289 e. The Balaban J connectivity index is 1.38. The minimum absolute atomic E-state index is 0.0369. The summed E-state index contributed by atoms with van der Waals surface area (Å²) in [6.45, 7) is 4.15. The van der Waals surface area contributed by atoms with Gasteiger partial charge in [0.1, 0.15) is 12.4 Å². The molecule has 1 fully saturated rings. The molecule has 7 nitrogen and oxygen atoms in total. The highest BCUT2D eigenvalue weighted by atomic mass is 35.5. The normalized spacial score (nSPS) is 14.7. The number of ether oxygens (including phenoxy) is 1. The van der Waals surface area contributed by atoms with Gasteiger partial charge in [0.25, 0.3) is 5.91 Å². The van der Waals surface area contributed by atoms with Crippen molar-refractivity contribution in [3.63, 3.8) is 0 Å². The fourth-order valence-corrected chi connectivity index (χ4v) is 3.22. The number of halogens is 1. The van der Waals surface area contributed by atoms with Gasteiger partial charge >= 0.3 is 0 Å². The second-order valence-corrected chi connectivity index (χ2v) is 7.05. The van der Waals surface area contributed by atoms with Crippen molar-refractivity contribution >= 4 is 23.4 Å². The quantitative estimate of drug-likeness (QED) is 0.706. The standard InChI is InChI=1S/C20H24ClN3O4/c1-22(20(26)18-7-4-13-27-18)15-19(25)24-10-8-23(9-11-24)12-14-28-17-6-3-2-5-16(17)21/h2-7,13H,8-12,14-15H2,1H3. The topological polar surface area (TPSA) is 66.2 Å². The van der Waals surface area contributed by atoms with Crippen LogP contribution in [0.4, 0.5) is 0 Å². The summed E-state index contributed by atoms with van der Waals surface area (Å²) < 4.78 is 10.8. The van der Waals surface area contributed by atoms with Crippen LogP contribution in [-0.4, -0.2) is 79.4 Å². The van der Waals surface area contributed by atoms with Crippen LogP contribution in [0.3, 0.4) is 0 Å². The predicted octanol–water partition coefficient (Wildman–Crippen LogP) is 2.23. The van der Waals surface area contributed by atoms with Crippen molar-refractivity contribution in [3.8, 4) is 5.75 Å². The SMILES string of the molecule is CN(CC(=O)N1CCN(CCOc2ccccc2Cl)CC1)C(=O)c1ccco1. The van der Waals surface area contributed by atoms with Crippen LogP contribution >= 0.6 is 11.6 Å². The Kier molecular flexibility index (Phi) is 6.95. The Bertz CT molecular complexity index is 789. The van der Waals surface area contributed by atoms with Crippen LogP contribution in [0.15, 0.2) is 47.1 Å². The van der Waals surface area contributed by atoms with E-state index in [1.54, 1.807) is 30.1 Å². The lowest BCUT2D eigenvalue weighted by molar-refractivity contribution is -0.133. The number of furan rings is 1. The third kappa shape index (κ3) is 5.27. The first-order valence-electron chi connectivity index (χ1n) is 9.21. The molecule has 0 aliphatic carbocycles. The zero-order valence-corrected chi connectivity index (χ0v) is 16.6. The van der Waals surface area contributed by atoms with E-state index in [9.17, 15) is 9.59 Å². The average Bonchev–Trinajstić information content (AvgIpc) is 3.24. The van der Waals surface area contributed by atoms with Crippen molar-refractivity contribution in [1.29, 1.82) is 0 Å². The predicted molar refractivity (Wildman–Crippen MR) is 106 cm³/mol. The third-order valence-corrected chi connectivity index (χ3v) is 4.99. The van der Waals surface area contributed by atoms with Gasteiger partial charge in [-0.3, -0.25) is 14.5 Å². The molecule has 1 aliphatic heterocycles. The first kappa shape index (κ1) is 20.2. The maximum atomic E-state index is 12.5. The highest BCUT2D eigenvalue weighted by molar-refractivity contribution is 6.32. The van der Waals surface area contributed by atoms with Crippen molar-refractivity contribution in [2.45, 2.75) is 0 Å². The molecular weight excluding hydrogens is 382 g/mol. The number of para-hydroxylation sites is 1. The molecule has 0 atom stereocenters. The largest absolute Gasteiger partial charge is 0.491 e. The van der Waals surface area contributed by atoms with Crippen LogP contribution in [0, 0.1) is 0 Å². The Hall–Kier alpha value is -2.51. The van der Waals surface area contributed by atoms with E-state index in [0.717, 1.165) is 19.6 Å². The second kappa shape index (κ2) is 9.61. The number of carbonyl (C=O) groups excluding carboxylic acids is 2. The molecular formula is C20H24ClN3O4. The van der Waals surface area contributed by atoms with E-state index >= 15 is 0 Å². The van der Waals surface area contributed by atoms with Gasteiger partial charge in [0, 0.05) is 39.8 Å². The van der Waals surface area contributed by atoms with E-state index in [-0.39, 0.29) is 24.1 Å². The van der Waals surface area contributed by atoms with E-state index in [4.69, 9.17) is 20.8 Å². The number of hydrogen-bond donors (Lipinski definition) is 0. The van der Waals surface area contributed by atoms with Gasteiger partial charge in [-0.25, -0.2) is 0 Å². The van der Waals surface area contributed by atoms with Gasteiger partial charge in [-0.15, -0.1) is 0 Å². The van der Waals surface area contributed by atoms with Crippen LogP contribution in [0.1, 0.15) is 10.6 Å². The van der Waals surface area contributed by atoms with Gasteiger partial charge < -0.3 is 19.0 Å². The lowest BCUT2D eigenvalue weighted by atomic mass is 10.3. The number of nitrogens with zero attached hydrogens (tertiary/aromatic N) is 3. The number of hydrogen-bond acceptors (Lipinski definition) is 5. The molecule has 1 aliphatic rings. The summed E-state index contributed by atoms with van der Waals surface area (Å²) in [5.41, 5.74) is 0. The minimum Gasteiger partial charge on any atom is -0.491 e. The summed E-state index contributed by atoms with van der Waals surface area (Å²) >= 11 is 6.08. The van der Waals surface area contributed by atoms with Crippen LogP contribution < -0.4 is 4.74 Å². The van der Waals surface area contributed by atoms with Crippen molar-refractivity contribution in [2.75, 3.05) is 52.9 Å². The molecule has 0 N–H and O–H groups in total. The smallest absolute Gasteiger partial charge is 0.289 e. The van der Waals surface area contributed by atoms with E-state index in [2.05, 4.69) is 4.90 Å². The Labute approximate surface area is 169 Å². The molecule has 8 heteroatoms. The van der Waals surface area contributed by atoms with Crippen molar-refractivity contribution < 1.29 is 18.7 Å². The fourth-order valence-electron chi connectivity index (χ4n) is 3.03. The van der Waals surface area contributed by atoms with Crippen LogP contribution in [-0.2, 0) is 4.79 Å². The number of likely N-dealkylation sites (N-methyl/N-ethyl adjacent to an activating group) is 1. The number of rotatable bonds is 7. The minimum atomic E-state index is -0.297. The molecule has 0 bridgehead atoms. The highest BCUT2D eigenvalue weighted by Crippen LogP contribution is 2.22. The number of amides is 2. The zero-order valence-electron chi connectivity index (χ0n) is 15.8. The third-order valence-electron chi connectivity index (χ3n) is 4.68. The summed E-state index contributed by atoms with van der Waals surface area (Å²) in [5.74, 6) is 0.559. The molecule has 2 heterocycles. The highest BCUT2D eigenvalue weighted by Gasteiger charge is 2.24. The van der Waals surface area contributed by atoms with Gasteiger partial charge in [0.2, 0.25) is 5.91 Å². The monoisotopic (exact) mass is 405 g/mol. The van der Waals surface area contributed by atoms with Gasteiger partial charge in [0.15, 0.2) is 5.76 Å². The first-order valence-corrected chi connectivity index (χ1v) is 9.59. The summed E-state index contributed by atoms with van der Waals surface area (Å²) in [4.78, 5) is 30.1. The van der Waals surface area contributed by atoms with Crippen LogP contribution in [0.5, 0.6) is 5.75 Å². The molecule has 0 radical (unpaired) electrons. The first-order chi connectivity index (χ1) is 13.5. The lowest BCUT2D eigenvalue weighted by Crippen LogP contribution is -2.51. The zero-order chi connectivity index (χ0) is 19.9. The summed E-state index contributed by atoms with van der Waals surface area (Å²) in [5, 5.41) is 0.603. The van der Waals surface area contributed by atoms with E-state index in [1.165, 1.54) is 11.2 Å². The molecule has 0 saturated carbocycles. The van der Waals surface area contributed by atoms with Crippen LogP contribution in [0.25, 0.3) is 0 Å². The maximum absolute atomic E-state index is 12.5. The summed E-state index contributed by atoms with van der Waals surface area (Å²) in [6.07, 6.45) is 1.44. The Morgan fingerprint density at radius 1 is 1.14 bits per heavy atom. The molecule has 1 aromatic carbocycles. The molecule has 1 aromatic heterocycles. The molecule has 0 spiro atoms. The van der Waals surface area contributed by atoms with E-state index in [0.29, 0.717) is 30.5 Å². The lowest BCUT2D eigenvalue weighted by Gasteiger charge is -2.35. The average molecular weight is 406 g/mol. The van der Waals surface area contributed by atoms with Crippen molar-refractivity contribution in [2.24, 2.45) is 0 Å². The molecule has 150 valence electrons. The number of benzene rings is 1. The molecule has 3 rings (SSSR count). The molecule has 2 aromatic rings. The van der Waals surface area contributed by atoms with Gasteiger partial charge in [-0.2, -0.15) is 0 Å². The van der Waals surface area contributed by atoms with Gasteiger partial charge in [0.05, 0.1) is 17.8 Å². The van der Waals surface area contributed by atoms with E-state index < -0.39 is 0 Å². The molecule has 1 saturated heterocycles. The van der Waals surface area contributed by atoms with E-state index in [1.807, 2.05) is 18.2 Å².